The number of carbonyl (C=O) groups is 1. The van der Waals surface area contributed by atoms with Crippen LogP contribution in [0.2, 0.25) is 0 Å². The molecule has 0 radical (unpaired) electrons. The highest BCUT2D eigenvalue weighted by molar-refractivity contribution is 7.99. The van der Waals surface area contributed by atoms with Gasteiger partial charge in [-0.2, -0.15) is 11.8 Å². The number of thioether (sulfide) groups is 1. The van der Waals surface area contributed by atoms with Crippen molar-refractivity contribution in [1.29, 1.82) is 0 Å². The highest BCUT2D eigenvalue weighted by Crippen LogP contribution is 2.33. The lowest BCUT2D eigenvalue weighted by Crippen LogP contribution is -2.52. The van der Waals surface area contributed by atoms with Crippen molar-refractivity contribution < 1.29 is 4.79 Å². The van der Waals surface area contributed by atoms with Gasteiger partial charge >= 0.3 is 0 Å². The molecule has 2 rings (SSSR count). The lowest BCUT2D eigenvalue weighted by molar-refractivity contribution is -0.123. The zero-order valence-electron chi connectivity index (χ0n) is 10.9. The van der Waals surface area contributed by atoms with Gasteiger partial charge < -0.3 is 10.6 Å². The van der Waals surface area contributed by atoms with E-state index in [0.29, 0.717) is 12.0 Å². The van der Waals surface area contributed by atoms with Crippen LogP contribution in [-0.4, -0.2) is 36.0 Å². The summed E-state index contributed by atoms with van der Waals surface area (Å²) >= 11 is 1.87. The summed E-state index contributed by atoms with van der Waals surface area (Å²) in [6.07, 6.45) is 3.67. The van der Waals surface area contributed by atoms with Gasteiger partial charge in [0, 0.05) is 24.1 Å². The van der Waals surface area contributed by atoms with E-state index in [1.807, 2.05) is 11.8 Å². The number of rotatable bonds is 3. The molecule has 1 aliphatic carbocycles. The molecule has 0 aromatic rings. The minimum Gasteiger partial charge on any atom is -0.352 e. The summed E-state index contributed by atoms with van der Waals surface area (Å²) in [6.45, 7) is 5.50. The fourth-order valence-corrected chi connectivity index (χ4v) is 3.98. The third-order valence-corrected chi connectivity index (χ3v) is 5.38. The Balaban J connectivity index is 1.82. The van der Waals surface area contributed by atoms with Crippen LogP contribution in [0.1, 0.15) is 33.1 Å². The molecule has 2 fully saturated rings. The molecule has 1 saturated carbocycles. The van der Waals surface area contributed by atoms with Crippen LogP contribution in [0.5, 0.6) is 0 Å². The van der Waals surface area contributed by atoms with E-state index in [4.69, 9.17) is 0 Å². The molecule has 1 saturated heterocycles. The van der Waals surface area contributed by atoms with Crippen LogP contribution in [0, 0.1) is 11.8 Å². The smallest absolute Gasteiger partial charge is 0.238 e. The van der Waals surface area contributed by atoms with Crippen molar-refractivity contribution in [2.75, 3.05) is 18.1 Å². The Morgan fingerprint density at radius 1 is 1.47 bits per heavy atom. The molecule has 0 aromatic heterocycles. The zero-order valence-corrected chi connectivity index (χ0v) is 11.7. The summed E-state index contributed by atoms with van der Waals surface area (Å²) in [6, 6.07) is 0.433. The predicted octanol–water partition coefficient (Wildman–Crippen LogP) is 1.63. The molecular formula is C13H24N2OS. The van der Waals surface area contributed by atoms with Crippen LogP contribution in [0.3, 0.4) is 0 Å². The van der Waals surface area contributed by atoms with Crippen molar-refractivity contribution in [1.82, 2.24) is 10.6 Å². The number of carbonyl (C=O) groups excluding carboxylic acids is 1. The van der Waals surface area contributed by atoms with E-state index in [1.54, 1.807) is 0 Å². The second-order valence-electron chi connectivity index (χ2n) is 5.30. The van der Waals surface area contributed by atoms with Gasteiger partial charge in [-0.05, 0) is 24.7 Å². The Morgan fingerprint density at radius 3 is 2.88 bits per heavy atom. The van der Waals surface area contributed by atoms with Gasteiger partial charge in [0.1, 0.15) is 0 Å². The molecule has 2 aliphatic rings. The van der Waals surface area contributed by atoms with E-state index in [9.17, 15) is 4.79 Å². The molecule has 4 atom stereocenters. The summed E-state index contributed by atoms with van der Waals surface area (Å²) in [5, 5.41) is 6.55. The topological polar surface area (TPSA) is 41.1 Å². The first-order valence-electron chi connectivity index (χ1n) is 6.84. The number of nitrogens with one attached hydrogen (secondary N) is 2. The third-order valence-electron chi connectivity index (χ3n) is 4.32. The average Bonchev–Trinajstić information content (AvgIpc) is 2.71. The van der Waals surface area contributed by atoms with E-state index in [0.717, 1.165) is 30.4 Å². The lowest BCUT2D eigenvalue weighted by atomic mass is 9.93. The Hall–Kier alpha value is -0.220. The molecule has 3 nitrogen and oxygen atoms in total. The maximum atomic E-state index is 12.1. The maximum Gasteiger partial charge on any atom is 0.238 e. The van der Waals surface area contributed by atoms with Crippen molar-refractivity contribution >= 4 is 17.7 Å². The SMILES string of the molecule is CCC1CCC(NC(=O)C2CSCCN2)C1C. The molecule has 2 N–H and O–H groups in total. The molecule has 0 bridgehead atoms. The second kappa shape index (κ2) is 6.10. The van der Waals surface area contributed by atoms with Crippen LogP contribution in [-0.2, 0) is 4.79 Å². The van der Waals surface area contributed by atoms with E-state index < -0.39 is 0 Å². The van der Waals surface area contributed by atoms with Crippen LogP contribution < -0.4 is 10.6 Å². The lowest BCUT2D eigenvalue weighted by Gasteiger charge is -2.26. The van der Waals surface area contributed by atoms with Crippen LogP contribution in [0.4, 0.5) is 0 Å². The monoisotopic (exact) mass is 256 g/mol. The first-order chi connectivity index (χ1) is 8.22. The molecule has 4 heteroatoms. The number of amides is 1. The Bertz CT molecular complexity index is 266. The second-order valence-corrected chi connectivity index (χ2v) is 6.45. The average molecular weight is 256 g/mol. The molecule has 17 heavy (non-hydrogen) atoms. The Kier molecular flexibility index (Phi) is 4.74. The third kappa shape index (κ3) is 3.16. The highest BCUT2D eigenvalue weighted by Gasteiger charge is 2.33. The van der Waals surface area contributed by atoms with Crippen LogP contribution in [0.25, 0.3) is 0 Å². The van der Waals surface area contributed by atoms with Gasteiger partial charge in [-0.3, -0.25) is 4.79 Å². The van der Waals surface area contributed by atoms with Crippen molar-refractivity contribution in [3.05, 3.63) is 0 Å². The molecular weight excluding hydrogens is 232 g/mol. The normalized spacial score (nSPS) is 38.0. The van der Waals surface area contributed by atoms with Crippen molar-refractivity contribution in [3.63, 3.8) is 0 Å². The minimum atomic E-state index is 0.0293. The van der Waals surface area contributed by atoms with E-state index >= 15 is 0 Å². The molecule has 0 aromatic carbocycles. The maximum absolute atomic E-state index is 12.1. The fourth-order valence-electron chi connectivity index (χ4n) is 3.04. The summed E-state index contributed by atoms with van der Waals surface area (Å²) in [5.41, 5.74) is 0. The minimum absolute atomic E-state index is 0.0293. The zero-order chi connectivity index (χ0) is 12.3. The van der Waals surface area contributed by atoms with Crippen LogP contribution in [0.15, 0.2) is 0 Å². The van der Waals surface area contributed by atoms with Gasteiger partial charge in [0.15, 0.2) is 0 Å². The summed E-state index contributed by atoms with van der Waals surface area (Å²) < 4.78 is 0. The molecule has 1 amide bonds. The highest BCUT2D eigenvalue weighted by atomic mass is 32.2. The predicted molar refractivity (Wildman–Crippen MR) is 73.2 cm³/mol. The molecule has 4 unspecified atom stereocenters. The standard InChI is InChI=1S/C13H24N2OS/c1-3-10-4-5-11(9(10)2)15-13(16)12-8-17-7-6-14-12/h9-12,14H,3-8H2,1-2H3,(H,15,16). The van der Waals surface area contributed by atoms with E-state index in [1.165, 1.54) is 12.8 Å². The Morgan fingerprint density at radius 2 is 2.29 bits per heavy atom. The van der Waals surface area contributed by atoms with E-state index in [2.05, 4.69) is 24.5 Å². The van der Waals surface area contributed by atoms with Gasteiger partial charge in [0.2, 0.25) is 5.91 Å². The molecule has 98 valence electrons. The number of hydrogen-bond acceptors (Lipinski definition) is 3. The summed E-state index contributed by atoms with van der Waals surface area (Å²) in [5.74, 6) is 3.70. The fraction of sp³-hybridized carbons (Fsp3) is 0.923. The quantitative estimate of drug-likeness (QED) is 0.806. The van der Waals surface area contributed by atoms with Gasteiger partial charge in [0.25, 0.3) is 0 Å². The largest absolute Gasteiger partial charge is 0.352 e. The van der Waals surface area contributed by atoms with Gasteiger partial charge in [-0.1, -0.05) is 20.3 Å². The van der Waals surface area contributed by atoms with Gasteiger partial charge in [-0.15, -0.1) is 0 Å². The first-order valence-corrected chi connectivity index (χ1v) is 7.99. The van der Waals surface area contributed by atoms with E-state index in [-0.39, 0.29) is 11.9 Å². The van der Waals surface area contributed by atoms with Crippen molar-refractivity contribution in [2.24, 2.45) is 11.8 Å². The van der Waals surface area contributed by atoms with Crippen LogP contribution >= 0.6 is 11.8 Å². The summed E-state index contributed by atoms with van der Waals surface area (Å²) in [7, 11) is 0. The first kappa shape index (κ1) is 13.2. The van der Waals surface area contributed by atoms with Gasteiger partial charge in [-0.25, -0.2) is 0 Å². The van der Waals surface area contributed by atoms with Crippen molar-refractivity contribution in [3.8, 4) is 0 Å². The Labute approximate surface area is 108 Å². The molecule has 1 aliphatic heterocycles. The number of hydrogen-bond donors (Lipinski definition) is 2. The van der Waals surface area contributed by atoms with Gasteiger partial charge in [0.05, 0.1) is 6.04 Å². The summed E-state index contributed by atoms with van der Waals surface area (Å²) in [4.78, 5) is 12.1. The molecule has 1 heterocycles. The molecule has 0 spiro atoms. The van der Waals surface area contributed by atoms with Crippen molar-refractivity contribution in [2.45, 2.75) is 45.2 Å².